The van der Waals surface area contributed by atoms with Gasteiger partial charge in [-0.1, -0.05) is 42.5 Å². The van der Waals surface area contributed by atoms with Crippen molar-refractivity contribution in [1.29, 1.82) is 5.26 Å². The van der Waals surface area contributed by atoms with Gasteiger partial charge in [0.25, 0.3) is 5.69 Å². The number of non-ortho nitro benzene ring substituents is 1. The molecule has 0 aliphatic carbocycles. The second kappa shape index (κ2) is 8.81. The number of benzene rings is 3. The third kappa shape index (κ3) is 4.23. The van der Waals surface area contributed by atoms with Crippen LogP contribution in [0.1, 0.15) is 32.7 Å². The minimum absolute atomic E-state index is 0.0454. The van der Waals surface area contributed by atoms with E-state index in [2.05, 4.69) is 10.6 Å². The minimum atomic E-state index is -1.02. The third-order valence-corrected chi connectivity index (χ3v) is 5.62. The van der Waals surface area contributed by atoms with Crippen molar-refractivity contribution in [3.05, 3.63) is 111 Å². The molecule has 0 aliphatic rings. The second-order valence-corrected chi connectivity index (χ2v) is 7.58. The van der Waals surface area contributed by atoms with Gasteiger partial charge in [0.05, 0.1) is 22.1 Å². The Kier molecular flexibility index (Phi) is 5.75. The van der Waals surface area contributed by atoms with Gasteiger partial charge in [-0.05, 0) is 42.3 Å². The smallest absolute Gasteiger partial charge is 0.335 e. The summed E-state index contributed by atoms with van der Waals surface area (Å²) in [7, 11) is 0. The zero-order chi connectivity index (χ0) is 23.5. The highest BCUT2D eigenvalue weighted by Crippen LogP contribution is 2.30. The molecule has 162 valence electrons. The molecule has 0 spiro atoms. The molecule has 4 rings (SSSR count). The lowest BCUT2D eigenvalue weighted by Crippen LogP contribution is -2.02. The highest BCUT2D eigenvalue weighted by atomic mass is 16.6. The standard InChI is InChI=1S/C26H19N3O4/c1-17-24(14-21(15-27)19-8-10-20(11-9-19)26(30)31)23-4-2-3-5-25(23)28(17)16-18-6-12-22(13-7-18)29(32)33/h2-14H,16H2,1H3,(H,30,31)/b21-14-. The predicted octanol–water partition coefficient (Wildman–Crippen LogP) is 5.67. The number of aromatic carboxylic acids is 1. The fourth-order valence-electron chi connectivity index (χ4n) is 3.87. The molecule has 1 heterocycles. The molecule has 0 saturated carbocycles. The number of hydrogen-bond acceptors (Lipinski definition) is 4. The molecular formula is C26H19N3O4. The van der Waals surface area contributed by atoms with Gasteiger partial charge in [-0.2, -0.15) is 5.26 Å². The number of nitro benzene ring substituents is 1. The van der Waals surface area contributed by atoms with Crippen LogP contribution in [0.4, 0.5) is 5.69 Å². The average molecular weight is 437 g/mol. The Hall–Kier alpha value is -4.70. The van der Waals surface area contributed by atoms with Gasteiger partial charge in [0.1, 0.15) is 0 Å². The predicted molar refractivity (Wildman–Crippen MR) is 126 cm³/mol. The van der Waals surface area contributed by atoms with Gasteiger partial charge in [0.2, 0.25) is 0 Å². The quantitative estimate of drug-likeness (QED) is 0.237. The summed E-state index contributed by atoms with van der Waals surface area (Å²) in [5.74, 6) is -1.02. The van der Waals surface area contributed by atoms with Crippen LogP contribution in [0.15, 0.2) is 72.8 Å². The van der Waals surface area contributed by atoms with Crippen LogP contribution in [-0.2, 0) is 6.54 Å². The number of nitro groups is 1. The number of allylic oxidation sites excluding steroid dienone is 1. The average Bonchev–Trinajstić information content (AvgIpc) is 3.08. The Labute approximate surface area is 189 Å². The van der Waals surface area contributed by atoms with E-state index >= 15 is 0 Å². The zero-order valence-corrected chi connectivity index (χ0v) is 17.7. The monoisotopic (exact) mass is 437 g/mol. The molecule has 1 N–H and O–H groups in total. The number of nitriles is 1. The SMILES string of the molecule is Cc1c(/C=C(/C#N)c2ccc(C(=O)O)cc2)c2ccccc2n1Cc1ccc([N+](=O)[O-])cc1. The summed E-state index contributed by atoms with van der Waals surface area (Å²) in [5, 5.41) is 30.8. The lowest BCUT2D eigenvalue weighted by atomic mass is 10.0. The maximum Gasteiger partial charge on any atom is 0.335 e. The summed E-state index contributed by atoms with van der Waals surface area (Å²) in [6, 6.07) is 22.8. The number of carbonyl (C=O) groups is 1. The molecule has 33 heavy (non-hydrogen) atoms. The van der Waals surface area contributed by atoms with Crippen molar-refractivity contribution in [1.82, 2.24) is 4.57 Å². The van der Waals surface area contributed by atoms with Gasteiger partial charge >= 0.3 is 5.97 Å². The van der Waals surface area contributed by atoms with Gasteiger partial charge in [-0.25, -0.2) is 4.79 Å². The van der Waals surface area contributed by atoms with Crippen LogP contribution in [0, 0.1) is 28.4 Å². The molecule has 7 nitrogen and oxygen atoms in total. The highest BCUT2D eigenvalue weighted by molar-refractivity contribution is 5.99. The molecule has 0 radical (unpaired) electrons. The van der Waals surface area contributed by atoms with Crippen molar-refractivity contribution in [2.45, 2.75) is 13.5 Å². The van der Waals surface area contributed by atoms with E-state index in [-0.39, 0.29) is 11.3 Å². The van der Waals surface area contributed by atoms with Crippen LogP contribution in [-0.4, -0.2) is 20.6 Å². The molecule has 0 unspecified atom stereocenters. The lowest BCUT2D eigenvalue weighted by Gasteiger charge is -2.09. The Morgan fingerprint density at radius 1 is 1.06 bits per heavy atom. The van der Waals surface area contributed by atoms with Crippen LogP contribution in [0.3, 0.4) is 0 Å². The lowest BCUT2D eigenvalue weighted by molar-refractivity contribution is -0.384. The summed E-state index contributed by atoms with van der Waals surface area (Å²) >= 11 is 0. The zero-order valence-electron chi connectivity index (χ0n) is 17.7. The van der Waals surface area contributed by atoms with Crippen molar-refractivity contribution in [2.75, 3.05) is 0 Å². The van der Waals surface area contributed by atoms with Gasteiger partial charge in [-0.15, -0.1) is 0 Å². The van der Waals surface area contributed by atoms with Gasteiger partial charge < -0.3 is 9.67 Å². The third-order valence-electron chi connectivity index (χ3n) is 5.62. The first kappa shape index (κ1) is 21.5. The topological polar surface area (TPSA) is 109 Å². The Balaban J connectivity index is 1.78. The number of fused-ring (bicyclic) bond motifs is 1. The van der Waals surface area contributed by atoms with Crippen molar-refractivity contribution in [3.63, 3.8) is 0 Å². The van der Waals surface area contributed by atoms with Gasteiger partial charge in [0.15, 0.2) is 0 Å². The van der Waals surface area contributed by atoms with E-state index in [4.69, 9.17) is 5.11 Å². The first-order valence-corrected chi connectivity index (χ1v) is 10.2. The van der Waals surface area contributed by atoms with E-state index in [1.165, 1.54) is 24.3 Å². The number of aromatic nitrogens is 1. The number of hydrogen-bond donors (Lipinski definition) is 1. The second-order valence-electron chi connectivity index (χ2n) is 7.58. The molecule has 7 heteroatoms. The number of carboxylic acids is 1. The molecule has 0 aliphatic heterocycles. The van der Waals surface area contributed by atoms with E-state index in [1.54, 1.807) is 24.3 Å². The van der Waals surface area contributed by atoms with Crippen LogP contribution < -0.4 is 0 Å². The van der Waals surface area contributed by atoms with Crippen LogP contribution in [0.5, 0.6) is 0 Å². The van der Waals surface area contributed by atoms with Crippen LogP contribution >= 0.6 is 0 Å². The summed E-state index contributed by atoms with van der Waals surface area (Å²) in [4.78, 5) is 21.6. The minimum Gasteiger partial charge on any atom is -0.478 e. The Bertz CT molecular complexity index is 1440. The van der Waals surface area contributed by atoms with Gasteiger partial charge in [-0.3, -0.25) is 10.1 Å². The molecule has 0 bridgehead atoms. The number of carboxylic acid groups (broad SMARTS) is 1. The molecule has 0 saturated heterocycles. The first-order valence-electron chi connectivity index (χ1n) is 10.2. The van der Waals surface area contributed by atoms with E-state index in [0.717, 1.165) is 27.7 Å². The molecule has 1 aromatic heterocycles. The Morgan fingerprint density at radius 2 is 1.70 bits per heavy atom. The summed E-state index contributed by atoms with van der Waals surface area (Å²) in [6.45, 7) is 2.49. The van der Waals surface area contributed by atoms with E-state index in [9.17, 15) is 20.2 Å². The van der Waals surface area contributed by atoms with Crippen LogP contribution in [0.2, 0.25) is 0 Å². The summed E-state index contributed by atoms with van der Waals surface area (Å²) in [5.41, 5.74) is 5.01. The number of para-hydroxylation sites is 1. The number of rotatable bonds is 6. The molecule has 3 aromatic carbocycles. The van der Waals surface area contributed by atoms with Crippen molar-refractivity contribution in [3.8, 4) is 6.07 Å². The van der Waals surface area contributed by atoms with Crippen LogP contribution in [0.25, 0.3) is 22.6 Å². The molecule has 0 fully saturated rings. The molecule has 4 aromatic rings. The maximum absolute atomic E-state index is 11.1. The molecule has 0 amide bonds. The highest BCUT2D eigenvalue weighted by Gasteiger charge is 2.15. The van der Waals surface area contributed by atoms with Crippen molar-refractivity contribution >= 4 is 34.2 Å². The molecular weight excluding hydrogens is 418 g/mol. The first-order chi connectivity index (χ1) is 15.9. The van der Waals surface area contributed by atoms with Gasteiger partial charge in [0, 0.05) is 40.8 Å². The van der Waals surface area contributed by atoms with Crippen molar-refractivity contribution < 1.29 is 14.8 Å². The van der Waals surface area contributed by atoms with Crippen molar-refractivity contribution in [2.24, 2.45) is 0 Å². The normalized spacial score (nSPS) is 11.3. The van der Waals surface area contributed by atoms with E-state index in [0.29, 0.717) is 17.7 Å². The molecule has 0 atom stereocenters. The number of nitrogens with zero attached hydrogens (tertiary/aromatic N) is 3. The van der Waals surface area contributed by atoms with E-state index < -0.39 is 10.9 Å². The Morgan fingerprint density at radius 3 is 2.30 bits per heavy atom. The fourth-order valence-corrected chi connectivity index (χ4v) is 3.87. The fraction of sp³-hybridized carbons (Fsp3) is 0.0769. The largest absolute Gasteiger partial charge is 0.478 e. The van der Waals surface area contributed by atoms with E-state index in [1.807, 2.05) is 37.3 Å². The summed E-state index contributed by atoms with van der Waals surface area (Å²) < 4.78 is 2.12. The summed E-state index contributed by atoms with van der Waals surface area (Å²) in [6.07, 6.45) is 1.82. The maximum atomic E-state index is 11.1.